The van der Waals surface area contributed by atoms with Gasteiger partial charge in [0.2, 0.25) is 0 Å². The van der Waals surface area contributed by atoms with Gasteiger partial charge in [0.15, 0.2) is 6.04 Å². The normalized spacial score (nSPS) is 29.8. The molecule has 35 heavy (non-hydrogen) atoms. The first-order valence-corrected chi connectivity index (χ1v) is 11.6. The molecule has 0 saturated carbocycles. The molecule has 3 aliphatic heterocycles. The maximum absolute atomic E-state index is 13.2. The third-order valence-corrected chi connectivity index (χ3v) is 6.22. The van der Waals surface area contributed by atoms with Gasteiger partial charge in [-0.25, -0.2) is 14.4 Å². The van der Waals surface area contributed by atoms with Crippen molar-refractivity contribution < 1.29 is 42.9 Å². The number of hydrogen-bond donors (Lipinski definition) is 0. The van der Waals surface area contributed by atoms with Crippen LogP contribution in [0.4, 0.5) is 9.59 Å². The number of amides is 2. The summed E-state index contributed by atoms with van der Waals surface area (Å²) in [7, 11) is 2.43. The highest BCUT2D eigenvalue weighted by Crippen LogP contribution is 2.52. The number of carbonyl (C=O) groups is 4. The summed E-state index contributed by atoms with van der Waals surface area (Å²) in [6, 6.07) is -1.88. The Bertz CT molecular complexity index is 904. The van der Waals surface area contributed by atoms with Gasteiger partial charge < -0.3 is 23.7 Å². The molecule has 2 fully saturated rings. The standard InChI is InChI=1S/C24H36N2O9/c1-22(2,3)34-20(29)25-11-9-10-15-17(25)14-13-26(21(30)35-23(4,5)6)18(19(28)32-8)24(14,33-15)12-16(27)31-7/h9-10,14-15,17-18H,11-13H2,1-8H3/t14-,15-,17-,18-,24+/m1/s1. The van der Waals surface area contributed by atoms with E-state index in [4.69, 9.17) is 23.7 Å². The van der Waals surface area contributed by atoms with E-state index in [9.17, 15) is 19.2 Å². The van der Waals surface area contributed by atoms with E-state index in [2.05, 4.69) is 0 Å². The molecule has 0 bridgehead atoms. The fraction of sp³-hybridized carbons (Fsp3) is 0.750. The molecule has 3 heterocycles. The van der Waals surface area contributed by atoms with Crippen LogP contribution in [0.25, 0.3) is 0 Å². The van der Waals surface area contributed by atoms with Crippen molar-refractivity contribution in [2.75, 3.05) is 27.3 Å². The van der Waals surface area contributed by atoms with Crippen molar-refractivity contribution in [2.45, 2.75) is 83.0 Å². The number of esters is 2. The van der Waals surface area contributed by atoms with Gasteiger partial charge in [-0.15, -0.1) is 0 Å². The zero-order valence-corrected chi connectivity index (χ0v) is 21.7. The number of hydrogen-bond acceptors (Lipinski definition) is 9. The quantitative estimate of drug-likeness (QED) is 0.329. The summed E-state index contributed by atoms with van der Waals surface area (Å²) >= 11 is 0. The summed E-state index contributed by atoms with van der Waals surface area (Å²) in [5.74, 6) is -2.00. The van der Waals surface area contributed by atoms with E-state index in [0.29, 0.717) is 0 Å². The Morgan fingerprint density at radius 1 is 0.943 bits per heavy atom. The SMILES string of the molecule is COC(=O)C[C@]12O[C@@H]3C=CCN(C(=O)OC(C)(C)C)[C@@H]3[C@H]1CN(C(=O)OC(C)(C)C)[C@@H]2C(=O)OC. The first kappa shape index (κ1) is 26.8. The minimum Gasteiger partial charge on any atom is -0.469 e. The third-order valence-electron chi connectivity index (χ3n) is 6.22. The van der Waals surface area contributed by atoms with Crippen LogP contribution < -0.4 is 0 Å². The van der Waals surface area contributed by atoms with Crippen molar-refractivity contribution in [1.82, 2.24) is 9.80 Å². The summed E-state index contributed by atoms with van der Waals surface area (Å²) in [4.78, 5) is 54.7. The molecule has 2 amide bonds. The Labute approximate surface area is 205 Å². The van der Waals surface area contributed by atoms with E-state index in [1.165, 1.54) is 24.0 Å². The third kappa shape index (κ3) is 5.24. The minimum atomic E-state index is -1.50. The predicted molar refractivity (Wildman–Crippen MR) is 122 cm³/mol. The Morgan fingerprint density at radius 3 is 2.03 bits per heavy atom. The molecule has 5 atom stereocenters. The number of nitrogens with zero attached hydrogens (tertiary/aromatic N) is 2. The Kier molecular flexibility index (Phi) is 7.14. The topological polar surface area (TPSA) is 121 Å². The Hall–Kier alpha value is -2.82. The number of rotatable bonds is 3. The van der Waals surface area contributed by atoms with Crippen LogP contribution in [0.3, 0.4) is 0 Å². The van der Waals surface area contributed by atoms with Crippen molar-refractivity contribution in [2.24, 2.45) is 5.92 Å². The lowest BCUT2D eigenvalue weighted by atomic mass is 9.79. The first-order valence-electron chi connectivity index (χ1n) is 11.6. The maximum Gasteiger partial charge on any atom is 0.411 e. The average molecular weight is 497 g/mol. The number of carbonyl (C=O) groups excluding carboxylic acids is 4. The lowest BCUT2D eigenvalue weighted by molar-refractivity contribution is -0.163. The van der Waals surface area contributed by atoms with Crippen LogP contribution in [0.1, 0.15) is 48.0 Å². The summed E-state index contributed by atoms with van der Waals surface area (Å²) < 4.78 is 27.5. The average Bonchev–Trinajstić information content (AvgIpc) is 3.20. The molecule has 0 unspecified atom stereocenters. The number of ether oxygens (including phenoxy) is 5. The fourth-order valence-electron chi connectivity index (χ4n) is 5.04. The van der Waals surface area contributed by atoms with Crippen LogP contribution in [-0.4, -0.2) is 96.2 Å². The monoisotopic (exact) mass is 496 g/mol. The number of likely N-dealkylation sites (tertiary alicyclic amines) is 1. The molecule has 0 spiro atoms. The molecule has 0 aliphatic carbocycles. The van der Waals surface area contributed by atoms with Crippen LogP contribution in [0.15, 0.2) is 12.2 Å². The van der Waals surface area contributed by atoms with Gasteiger partial charge >= 0.3 is 24.1 Å². The van der Waals surface area contributed by atoms with Gasteiger partial charge in [-0.1, -0.05) is 12.2 Å². The van der Waals surface area contributed by atoms with Crippen molar-refractivity contribution in [3.63, 3.8) is 0 Å². The maximum atomic E-state index is 13.2. The zero-order valence-electron chi connectivity index (χ0n) is 21.7. The molecule has 2 saturated heterocycles. The molecule has 0 N–H and O–H groups in total. The number of fused-ring (bicyclic) bond motifs is 3. The van der Waals surface area contributed by atoms with Crippen molar-refractivity contribution in [3.05, 3.63) is 12.2 Å². The van der Waals surface area contributed by atoms with Crippen molar-refractivity contribution in [1.29, 1.82) is 0 Å². The van der Waals surface area contributed by atoms with E-state index in [1.807, 2.05) is 0 Å². The highest BCUT2D eigenvalue weighted by atomic mass is 16.6. The van der Waals surface area contributed by atoms with Gasteiger partial charge in [-0.2, -0.15) is 0 Å². The van der Waals surface area contributed by atoms with Gasteiger partial charge in [-0.05, 0) is 41.5 Å². The molecular weight excluding hydrogens is 460 g/mol. The van der Waals surface area contributed by atoms with Gasteiger partial charge in [0, 0.05) is 19.0 Å². The van der Waals surface area contributed by atoms with Gasteiger partial charge in [0.25, 0.3) is 0 Å². The lowest BCUT2D eigenvalue weighted by Gasteiger charge is -2.37. The largest absolute Gasteiger partial charge is 0.469 e. The van der Waals surface area contributed by atoms with Gasteiger partial charge in [0.05, 0.1) is 32.8 Å². The first-order chi connectivity index (χ1) is 16.1. The zero-order chi connectivity index (χ0) is 26.3. The summed E-state index contributed by atoms with van der Waals surface area (Å²) in [6.07, 6.45) is 1.32. The molecule has 0 radical (unpaired) electrons. The molecular formula is C24H36N2O9. The summed E-state index contributed by atoms with van der Waals surface area (Å²) in [6.45, 7) is 10.7. The van der Waals surface area contributed by atoms with Crippen LogP contribution in [-0.2, 0) is 33.3 Å². The van der Waals surface area contributed by atoms with E-state index in [1.54, 1.807) is 53.7 Å². The van der Waals surface area contributed by atoms with Crippen LogP contribution >= 0.6 is 0 Å². The van der Waals surface area contributed by atoms with Gasteiger partial charge in [-0.3, -0.25) is 14.6 Å². The van der Waals surface area contributed by atoms with Crippen molar-refractivity contribution in [3.8, 4) is 0 Å². The second kappa shape index (κ2) is 9.33. The second-order valence-electron chi connectivity index (χ2n) is 11.0. The summed E-state index contributed by atoms with van der Waals surface area (Å²) in [5.41, 5.74) is -3.06. The molecule has 3 rings (SSSR count). The van der Waals surface area contributed by atoms with Crippen LogP contribution in [0, 0.1) is 5.92 Å². The molecule has 0 aromatic rings. The predicted octanol–water partition coefficient (Wildman–Crippen LogP) is 2.27. The highest BCUT2D eigenvalue weighted by Gasteiger charge is 2.70. The van der Waals surface area contributed by atoms with Crippen molar-refractivity contribution >= 4 is 24.1 Å². The molecule has 11 heteroatoms. The summed E-state index contributed by atoms with van der Waals surface area (Å²) in [5, 5.41) is 0. The highest BCUT2D eigenvalue weighted by molar-refractivity contribution is 5.86. The fourth-order valence-corrected chi connectivity index (χ4v) is 5.04. The van der Waals surface area contributed by atoms with E-state index in [-0.39, 0.29) is 19.5 Å². The number of methoxy groups -OCH3 is 2. The van der Waals surface area contributed by atoms with Crippen LogP contribution in [0.5, 0.6) is 0 Å². The van der Waals surface area contributed by atoms with E-state index < -0.39 is 65.0 Å². The molecule has 0 aromatic carbocycles. The minimum absolute atomic E-state index is 0.0000210. The van der Waals surface area contributed by atoms with Crippen LogP contribution in [0.2, 0.25) is 0 Å². The molecule has 196 valence electrons. The van der Waals surface area contributed by atoms with E-state index in [0.717, 1.165) is 0 Å². The Balaban J connectivity index is 2.08. The van der Waals surface area contributed by atoms with E-state index >= 15 is 0 Å². The molecule has 0 aromatic heterocycles. The smallest absolute Gasteiger partial charge is 0.411 e. The van der Waals surface area contributed by atoms with Gasteiger partial charge in [0.1, 0.15) is 16.8 Å². The molecule has 3 aliphatic rings. The Morgan fingerprint density at radius 2 is 1.51 bits per heavy atom. The second-order valence-corrected chi connectivity index (χ2v) is 11.0. The lowest BCUT2D eigenvalue weighted by Crippen LogP contribution is -2.55. The molecule has 11 nitrogen and oxygen atoms in total.